The van der Waals surface area contributed by atoms with E-state index in [1.807, 2.05) is 35.2 Å². The summed E-state index contributed by atoms with van der Waals surface area (Å²) in [4.78, 5) is 6.62. The first-order valence-electron chi connectivity index (χ1n) is 7.89. The quantitative estimate of drug-likeness (QED) is 0.574. The summed E-state index contributed by atoms with van der Waals surface area (Å²) in [7, 11) is 1.65. The second kappa shape index (κ2) is 9.29. The van der Waals surface area contributed by atoms with Crippen LogP contribution in [-0.4, -0.2) is 66.6 Å². The minimum absolute atomic E-state index is 0.114. The highest BCUT2D eigenvalue weighted by atomic mass is 16.5. The molecule has 23 heavy (non-hydrogen) atoms. The van der Waals surface area contributed by atoms with Crippen molar-refractivity contribution in [1.82, 2.24) is 9.88 Å². The lowest BCUT2D eigenvalue weighted by molar-refractivity contribution is 0.161. The summed E-state index contributed by atoms with van der Waals surface area (Å²) >= 11 is 0. The Morgan fingerprint density at radius 1 is 1.09 bits per heavy atom. The smallest absolute Gasteiger partial charge is 0.126 e. The van der Waals surface area contributed by atoms with E-state index >= 15 is 0 Å². The van der Waals surface area contributed by atoms with Gasteiger partial charge in [0.1, 0.15) is 11.6 Å². The molecule has 0 saturated heterocycles. The standard InChI is InChI=1S/C17H25N3O3/c1-23-15-4-5-16-14(13-15)3-6-17(19-16)18-7-2-8-20(9-11-21)10-12-22/h3-6,13,21-22H,2,7-12H2,1H3,(H,18,19). The van der Waals surface area contributed by atoms with E-state index in [-0.39, 0.29) is 13.2 Å². The van der Waals surface area contributed by atoms with Gasteiger partial charge in [0.25, 0.3) is 0 Å². The number of hydrogen-bond acceptors (Lipinski definition) is 6. The minimum atomic E-state index is 0.114. The number of benzene rings is 1. The first-order valence-corrected chi connectivity index (χ1v) is 7.89. The fraction of sp³-hybridized carbons (Fsp3) is 0.471. The van der Waals surface area contributed by atoms with Crippen LogP contribution in [0, 0.1) is 0 Å². The number of ether oxygens (including phenoxy) is 1. The lowest BCUT2D eigenvalue weighted by atomic mass is 10.2. The predicted molar refractivity (Wildman–Crippen MR) is 92.0 cm³/mol. The molecule has 126 valence electrons. The monoisotopic (exact) mass is 319 g/mol. The fourth-order valence-corrected chi connectivity index (χ4v) is 2.47. The molecular weight excluding hydrogens is 294 g/mol. The van der Waals surface area contributed by atoms with Crippen molar-refractivity contribution in [1.29, 1.82) is 0 Å². The number of methoxy groups -OCH3 is 1. The average molecular weight is 319 g/mol. The van der Waals surface area contributed by atoms with Gasteiger partial charge in [0.15, 0.2) is 0 Å². The van der Waals surface area contributed by atoms with Crippen LogP contribution >= 0.6 is 0 Å². The Bertz CT molecular complexity index is 601. The Hall–Kier alpha value is -1.89. The molecule has 0 spiro atoms. The number of aliphatic hydroxyl groups is 2. The summed E-state index contributed by atoms with van der Waals surface area (Å²) in [6.07, 6.45) is 0.919. The molecule has 0 bridgehead atoms. The fourth-order valence-electron chi connectivity index (χ4n) is 2.47. The zero-order valence-corrected chi connectivity index (χ0v) is 13.5. The lowest BCUT2D eigenvalue weighted by Crippen LogP contribution is -2.31. The molecule has 3 N–H and O–H groups in total. The van der Waals surface area contributed by atoms with Crippen molar-refractivity contribution in [3.8, 4) is 5.75 Å². The van der Waals surface area contributed by atoms with Crippen LogP contribution in [0.3, 0.4) is 0 Å². The maximum atomic E-state index is 8.98. The SMILES string of the molecule is COc1ccc2nc(NCCCN(CCO)CCO)ccc2c1. The summed E-state index contributed by atoms with van der Waals surface area (Å²) in [5.74, 6) is 1.67. The molecule has 0 unspecified atom stereocenters. The third-order valence-electron chi connectivity index (χ3n) is 3.69. The second-order valence-corrected chi connectivity index (χ2v) is 5.32. The summed E-state index contributed by atoms with van der Waals surface area (Å²) in [5, 5.41) is 22.3. The molecule has 6 heteroatoms. The summed E-state index contributed by atoms with van der Waals surface area (Å²) in [6.45, 7) is 3.04. The van der Waals surface area contributed by atoms with Gasteiger partial charge in [-0.25, -0.2) is 4.98 Å². The van der Waals surface area contributed by atoms with Crippen molar-refractivity contribution in [2.75, 3.05) is 51.8 Å². The van der Waals surface area contributed by atoms with Crippen LogP contribution in [0.4, 0.5) is 5.82 Å². The van der Waals surface area contributed by atoms with Crippen molar-refractivity contribution >= 4 is 16.7 Å². The zero-order valence-electron chi connectivity index (χ0n) is 13.5. The molecule has 1 aromatic heterocycles. The van der Waals surface area contributed by atoms with Crippen molar-refractivity contribution in [3.05, 3.63) is 30.3 Å². The molecule has 0 aliphatic carbocycles. The van der Waals surface area contributed by atoms with E-state index in [0.717, 1.165) is 42.0 Å². The summed E-state index contributed by atoms with van der Waals surface area (Å²) < 4.78 is 5.21. The van der Waals surface area contributed by atoms with Gasteiger partial charge in [-0.15, -0.1) is 0 Å². The van der Waals surface area contributed by atoms with Gasteiger partial charge in [-0.2, -0.15) is 0 Å². The first-order chi connectivity index (χ1) is 11.3. The van der Waals surface area contributed by atoms with Crippen molar-refractivity contribution in [2.45, 2.75) is 6.42 Å². The van der Waals surface area contributed by atoms with E-state index < -0.39 is 0 Å². The van der Waals surface area contributed by atoms with E-state index in [1.165, 1.54) is 0 Å². The van der Waals surface area contributed by atoms with Crippen molar-refractivity contribution in [3.63, 3.8) is 0 Å². The molecule has 6 nitrogen and oxygen atoms in total. The Labute approximate surface area is 136 Å². The second-order valence-electron chi connectivity index (χ2n) is 5.32. The first kappa shape index (κ1) is 17.5. The third-order valence-corrected chi connectivity index (χ3v) is 3.69. The average Bonchev–Trinajstić information content (AvgIpc) is 2.58. The van der Waals surface area contributed by atoms with Gasteiger partial charge in [0, 0.05) is 25.0 Å². The molecule has 2 aromatic rings. The number of aromatic nitrogens is 1. The van der Waals surface area contributed by atoms with Crippen LogP contribution in [0.1, 0.15) is 6.42 Å². The van der Waals surface area contributed by atoms with Gasteiger partial charge < -0.3 is 20.3 Å². The Morgan fingerprint density at radius 3 is 2.57 bits per heavy atom. The number of fused-ring (bicyclic) bond motifs is 1. The highest BCUT2D eigenvalue weighted by Gasteiger charge is 2.04. The van der Waals surface area contributed by atoms with Gasteiger partial charge in [-0.05, 0) is 43.3 Å². The number of aliphatic hydroxyl groups excluding tert-OH is 2. The van der Waals surface area contributed by atoms with Gasteiger partial charge in [0.05, 0.1) is 25.8 Å². The van der Waals surface area contributed by atoms with Crippen LogP contribution in [0.2, 0.25) is 0 Å². The molecule has 0 saturated carbocycles. The normalized spacial score (nSPS) is 11.1. The van der Waals surface area contributed by atoms with Crippen LogP contribution in [0.25, 0.3) is 10.9 Å². The number of nitrogens with one attached hydrogen (secondary N) is 1. The molecule has 1 aromatic carbocycles. The molecule has 0 atom stereocenters. The number of rotatable bonds is 10. The Balaban J connectivity index is 1.84. The lowest BCUT2D eigenvalue weighted by Gasteiger charge is -2.20. The summed E-state index contributed by atoms with van der Waals surface area (Å²) in [6, 6.07) is 9.80. The van der Waals surface area contributed by atoms with E-state index in [1.54, 1.807) is 7.11 Å². The van der Waals surface area contributed by atoms with Crippen LogP contribution in [0.15, 0.2) is 30.3 Å². The van der Waals surface area contributed by atoms with E-state index in [9.17, 15) is 0 Å². The molecule has 1 heterocycles. The van der Waals surface area contributed by atoms with E-state index in [0.29, 0.717) is 13.1 Å². The molecule has 0 amide bonds. The van der Waals surface area contributed by atoms with Crippen LogP contribution in [-0.2, 0) is 0 Å². The molecule has 0 fully saturated rings. The third kappa shape index (κ3) is 5.35. The highest BCUT2D eigenvalue weighted by Crippen LogP contribution is 2.20. The zero-order chi connectivity index (χ0) is 16.5. The van der Waals surface area contributed by atoms with Gasteiger partial charge in [-0.1, -0.05) is 0 Å². The van der Waals surface area contributed by atoms with Gasteiger partial charge in [0.2, 0.25) is 0 Å². The molecular formula is C17H25N3O3. The predicted octanol–water partition coefficient (Wildman–Crippen LogP) is 1.33. The summed E-state index contributed by atoms with van der Waals surface area (Å²) in [5.41, 5.74) is 0.929. The van der Waals surface area contributed by atoms with E-state index in [4.69, 9.17) is 14.9 Å². The Morgan fingerprint density at radius 2 is 1.87 bits per heavy atom. The van der Waals surface area contributed by atoms with Crippen LogP contribution < -0.4 is 10.1 Å². The molecule has 0 aliphatic heterocycles. The molecule has 0 aliphatic rings. The number of anilines is 1. The minimum Gasteiger partial charge on any atom is -0.497 e. The topological polar surface area (TPSA) is 77.9 Å². The highest BCUT2D eigenvalue weighted by molar-refractivity contribution is 5.81. The molecule has 0 radical (unpaired) electrons. The maximum Gasteiger partial charge on any atom is 0.126 e. The van der Waals surface area contributed by atoms with Crippen molar-refractivity contribution < 1.29 is 14.9 Å². The number of pyridine rings is 1. The van der Waals surface area contributed by atoms with Gasteiger partial charge >= 0.3 is 0 Å². The maximum absolute atomic E-state index is 8.98. The molecule has 2 rings (SSSR count). The van der Waals surface area contributed by atoms with Crippen LogP contribution in [0.5, 0.6) is 5.75 Å². The van der Waals surface area contributed by atoms with E-state index in [2.05, 4.69) is 10.3 Å². The number of hydrogen-bond donors (Lipinski definition) is 3. The van der Waals surface area contributed by atoms with Gasteiger partial charge in [-0.3, -0.25) is 4.90 Å². The number of nitrogens with zero attached hydrogens (tertiary/aromatic N) is 2. The van der Waals surface area contributed by atoms with Crippen molar-refractivity contribution in [2.24, 2.45) is 0 Å². The largest absolute Gasteiger partial charge is 0.497 e. The Kier molecular flexibility index (Phi) is 7.06.